The maximum Gasteiger partial charge on any atom is 0.157 e. The minimum Gasteiger partial charge on any atom is -0.486 e. The zero-order chi connectivity index (χ0) is 13.8. The van der Waals surface area contributed by atoms with Crippen LogP contribution in [0.1, 0.15) is 16.7 Å². The zero-order valence-corrected chi connectivity index (χ0v) is 11.8. The van der Waals surface area contributed by atoms with Crippen molar-refractivity contribution in [3.8, 4) is 11.8 Å². The van der Waals surface area contributed by atoms with Gasteiger partial charge in [0.2, 0.25) is 0 Å². The van der Waals surface area contributed by atoms with Crippen LogP contribution in [0.4, 0.5) is 0 Å². The van der Waals surface area contributed by atoms with Crippen molar-refractivity contribution < 1.29 is 4.74 Å². The van der Waals surface area contributed by atoms with E-state index in [9.17, 15) is 0 Å². The monoisotopic (exact) mass is 291 g/mol. The van der Waals surface area contributed by atoms with Crippen LogP contribution in [0, 0.1) is 18.3 Å². The van der Waals surface area contributed by atoms with Crippen LogP contribution >= 0.6 is 23.2 Å². The Morgan fingerprint density at radius 1 is 1.16 bits per heavy atom. The van der Waals surface area contributed by atoms with Crippen molar-refractivity contribution in [1.29, 1.82) is 5.26 Å². The molecule has 0 aliphatic heterocycles. The largest absolute Gasteiger partial charge is 0.486 e. The number of hydrogen-bond donors (Lipinski definition) is 0. The quantitative estimate of drug-likeness (QED) is 0.817. The van der Waals surface area contributed by atoms with Crippen molar-refractivity contribution in [2.45, 2.75) is 13.5 Å². The molecule has 0 saturated carbocycles. The summed E-state index contributed by atoms with van der Waals surface area (Å²) in [6, 6.07) is 13.0. The van der Waals surface area contributed by atoms with Crippen molar-refractivity contribution in [2.24, 2.45) is 0 Å². The topological polar surface area (TPSA) is 33.0 Å². The molecule has 19 heavy (non-hydrogen) atoms. The van der Waals surface area contributed by atoms with Crippen LogP contribution in [0.3, 0.4) is 0 Å². The van der Waals surface area contributed by atoms with Gasteiger partial charge in [-0.15, -0.1) is 0 Å². The molecule has 2 aromatic carbocycles. The highest BCUT2D eigenvalue weighted by molar-refractivity contribution is 6.37. The first kappa shape index (κ1) is 13.7. The summed E-state index contributed by atoms with van der Waals surface area (Å²) in [6.45, 7) is 2.40. The van der Waals surface area contributed by atoms with E-state index >= 15 is 0 Å². The van der Waals surface area contributed by atoms with E-state index in [-0.39, 0.29) is 0 Å². The lowest BCUT2D eigenvalue weighted by molar-refractivity contribution is 0.306. The summed E-state index contributed by atoms with van der Waals surface area (Å²) in [5.74, 6) is 0.408. The Morgan fingerprint density at radius 3 is 2.37 bits per heavy atom. The maximum absolute atomic E-state index is 8.81. The first-order valence-corrected chi connectivity index (χ1v) is 6.44. The molecule has 0 atom stereocenters. The Hall–Kier alpha value is -1.69. The summed E-state index contributed by atoms with van der Waals surface area (Å²) in [4.78, 5) is 0. The number of rotatable bonds is 3. The normalized spacial score (nSPS) is 10.0. The average molecular weight is 292 g/mol. The summed E-state index contributed by atoms with van der Waals surface area (Å²) < 4.78 is 5.66. The minimum absolute atomic E-state index is 0.345. The molecular formula is C15H11Cl2NO. The fourth-order valence-corrected chi connectivity index (χ4v) is 2.28. The van der Waals surface area contributed by atoms with Crippen molar-refractivity contribution in [2.75, 3.05) is 0 Å². The summed E-state index contributed by atoms with van der Waals surface area (Å²) >= 11 is 12.1. The van der Waals surface area contributed by atoms with E-state index in [4.69, 9.17) is 33.2 Å². The summed E-state index contributed by atoms with van der Waals surface area (Å²) in [5.41, 5.74) is 2.63. The van der Waals surface area contributed by atoms with Gasteiger partial charge in [0.05, 0.1) is 21.7 Å². The lowest BCUT2D eigenvalue weighted by atomic mass is 10.1. The highest BCUT2D eigenvalue weighted by Gasteiger charge is 2.10. The standard InChI is InChI=1S/C15H11Cl2NO/c1-10-4-2-3-5-12(10)9-19-15-13(16)6-11(8-18)7-14(15)17/h2-7H,9H2,1H3. The maximum atomic E-state index is 8.81. The Morgan fingerprint density at radius 2 is 1.79 bits per heavy atom. The number of nitrogens with zero attached hydrogens (tertiary/aromatic N) is 1. The zero-order valence-electron chi connectivity index (χ0n) is 10.3. The van der Waals surface area contributed by atoms with Crippen LogP contribution in [0.2, 0.25) is 10.0 Å². The van der Waals surface area contributed by atoms with Crippen molar-refractivity contribution >= 4 is 23.2 Å². The molecule has 0 fully saturated rings. The fraction of sp³-hybridized carbons (Fsp3) is 0.133. The molecule has 0 aromatic heterocycles. The second kappa shape index (κ2) is 5.97. The molecule has 0 radical (unpaired) electrons. The lowest BCUT2D eigenvalue weighted by Crippen LogP contribution is -1.99. The molecule has 2 aromatic rings. The van der Waals surface area contributed by atoms with Gasteiger partial charge < -0.3 is 4.74 Å². The van der Waals surface area contributed by atoms with E-state index < -0.39 is 0 Å². The molecule has 0 amide bonds. The number of halogens is 2. The third-order valence-corrected chi connectivity index (χ3v) is 3.32. The molecule has 0 unspecified atom stereocenters. The molecule has 0 bridgehead atoms. The van der Waals surface area contributed by atoms with Crippen LogP contribution in [-0.2, 0) is 6.61 Å². The van der Waals surface area contributed by atoms with Crippen LogP contribution in [-0.4, -0.2) is 0 Å². The smallest absolute Gasteiger partial charge is 0.157 e. The van der Waals surface area contributed by atoms with Crippen LogP contribution in [0.5, 0.6) is 5.75 Å². The molecule has 0 aliphatic carbocycles. The van der Waals surface area contributed by atoms with Crippen LogP contribution in [0.25, 0.3) is 0 Å². The Kier molecular flexibility index (Phi) is 4.31. The highest BCUT2D eigenvalue weighted by atomic mass is 35.5. The predicted molar refractivity (Wildman–Crippen MR) is 76.7 cm³/mol. The molecular weight excluding hydrogens is 281 g/mol. The highest BCUT2D eigenvalue weighted by Crippen LogP contribution is 2.34. The number of benzene rings is 2. The van der Waals surface area contributed by atoms with Crippen LogP contribution < -0.4 is 4.74 Å². The van der Waals surface area contributed by atoms with E-state index in [1.54, 1.807) is 12.1 Å². The van der Waals surface area contributed by atoms with Gasteiger partial charge in [-0.05, 0) is 30.2 Å². The van der Waals surface area contributed by atoms with Gasteiger partial charge in [0, 0.05) is 0 Å². The lowest BCUT2D eigenvalue weighted by Gasteiger charge is -2.11. The molecule has 2 rings (SSSR count). The molecule has 0 N–H and O–H groups in total. The molecule has 0 aliphatic rings. The van der Waals surface area contributed by atoms with Gasteiger partial charge in [-0.3, -0.25) is 0 Å². The molecule has 96 valence electrons. The molecule has 0 saturated heterocycles. The summed E-state index contributed by atoms with van der Waals surface area (Å²) in [7, 11) is 0. The molecule has 0 heterocycles. The summed E-state index contributed by atoms with van der Waals surface area (Å²) in [5, 5.41) is 9.50. The van der Waals surface area contributed by atoms with Gasteiger partial charge >= 0.3 is 0 Å². The van der Waals surface area contributed by atoms with E-state index in [1.165, 1.54) is 0 Å². The Labute approximate surface area is 122 Å². The van der Waals surface area contributed by atoms with Gasteiger partial charge in [-0.1, -0.05) is 47.5 Å². The minimum atomic E-state index is 0.345. The molecule has 4 heteroatoms. The molecule has 2 nitrogen and oxygen atoms in total. The van der Waals surface area contributed by atoms with Crippen molar-refractivity contribution in [1.82, 2.24) is 0 Å². The second-order valence-corrected chi connectivity index (χ2v) is 4.91. The third kappa shape index (κ3) is 3.20. The first-order valence-electron chi connectivity index (χ1n) is 5.68. The van der Waals surface area contributed by atoms with Crippen molar-refractivity contribution in [3.63, 3.8) is 0 Å². The predicted octanol–water partition coefficient (Wildman–Crippen LogP) is 4.75. The number of hydrogen-bond acceptors (Lipinski definition) is 2. The SMILES string of the molecule is Cc1ccccc1COc1c(Cl)cc(C#N)cc1Cl. The van der Waals surface area contributed by atoms with Crippen LogP contribution in [0.15, 0.2) is 36.4 Å². The number of ether oxygens (including phenoxy) is 1. The van der Waals surface area contributed by atoms with Gasteiger partial charge in [0.25, 0.3) is 0 Å². The van der Waals surface area contributed by atoms with Gasteiger partial charge in [-0.25, -0.2) is 0 Å². The summed E-state index contributed by atoms with van der Waals surface area (Å²) in [6.07, 6.45) is 0. The van der Waals surface area contributed by atoms with Gasteiger partial charge in [-0.2, -0.15) is 5.26 Å². The third-order valence-electron chi connectivity index (χ3n) is 2.76. The van der Waals surface area contributed by atoms with Gasteiger partial charge in [0.15, 0.2) is 5.75 Å². The fourth-order valence-electron chi connectivity index (χ4n) is 1.68. The second-order valence-electron chi connectivity index (χ2n) is 4.10. The molecule has 0 spiro atoms. The Balaban J connectivity index is 2.21. The average Bonchev–Trinajstić information content (AvgIpc) is 2.39. The van der Waals surface area contributed by atoms with E-state index in [2.05, 4.69) is 0 Å². The van der Waals surface area contributed by atoms with Crippen molar-refractivity contribution in [3.05, 3.63) is 63.1 Å². The van der Waals surface area contributed by atoms with Gasteiger partial charge in [0.1, 0.15) is 6.61 Å². The Bertz CT molecular complexity index is 624. The van der Waals surface area contributed by atoms with E-state index in [0.717, 1.165) is 11.1 Å². The van der Waals surface area contributed by atoms with E-state index in [1.807, 2.05) is 37.3 Å². The number of nitriles is 1. The van der Waals surface area contributed by atoms with E-state index in [0.29, 0.717) is 28.0 Å². The first-order chi connectivity index (χ1) is 9.11. The number of aryl methyl sites for hydroxylation is 1.